The number of rotatable bonds is 0. The molecular weight excluding hydrogens is 176 g/mol. The fraction of sp³-hybridized carbons (Fsp3) is 0.455. The average molecular weight is 190 g/mol. The molecule has 1 aliphatic carbocycles. The monoisotopic (exact) mass is 190 g/mol. The number of ketones is 1. The largest absolute Gasteiger partial charge is 0.327 e. The van der Waals surface area contributed by atoms with Crippen LogP contribution in [-0.4, -0.2) is 16.8 Å². The van der Waals surface area contributed by atoms with Crippen molar-refractivity contribution in [2.45, 2.75) is 32.7 Å². The molecule has 3 heteroatoms. The van der Waals surface area contributed by atoms with Gasteiger partial charge in [0.25, 0.3) is 0 Å². The second-order valence-electron chi connectivity index (χ2n) is 3.97. The van der Waals surface area contributed by atoms with Gasteiger partial charge in [-0.25, -0.2) is 0 Å². The molecule has 0 fully saturated rings. The zero-order valence-corrected chi connectivity index (χ0v) is 8.50. The van der Waals surface area contributed by atoms with Crippen molar-refractivity contribution in [3.63, 3.8) is 0 Å². The van der Waals surface area contributed by atoms with Gasteiger partial charge in [-0.05, 0) is 31.9 Å². The number of hydrogen-bond acceptors (Lipinski definition) is 3. The summed E-state index contributed by atoms with van der Waals surface area (Å²) < 4.78 is 0. The first kappa shape index (κ1) is 9.34. The number of nitrogens with zero attached hydrogens (tertiary/aromatic N) is 1. The van der Waals surface area contributed by atoms with Crippen LogP contribution in [0, 0.1) is 13.8 Å². The van der Waals surface area contributed by atoms with Gasteiger partial charge in [0.1, 0.15) is 0 Å². The minimum atomic E-state index is -0.0174. The predicted molar refractivity (Wildman–Crippen MR) is 54.3 cm³/mol. The first-order valence-corrected chi connectivity index (χ1v) is 4.84. The van der Waals surface area contributed by atoms with Gasteiger partial charge in [0.2, 0.25) is 0 Å². The zero-order valence-electron chi connectivity index (χ0n) is 8.50. The molecule has 0 aromatic carbocycles. The maximum atomic E-state index is 11.7. The zero-order chi connectivity index (χ0) is 10.3. The third-order valence-corrected chi connectivity index (χ3v) is 2.62. The Bertz CT molecular complexity index is 399. The molecule has 1 unspecified atom stereocenters. The number of carbonyl (C=O) groups excluding carboxylic acids is 1. The van der Waals surface area contributed by atoms with Crippen molar-refractivity contribution < 1.29 is 4.79 Å². The van der Waals surface area contributed by atoms with E-state index in [1.165, 1.54) is 0 Å². The van der Waals surface area contributed by atoms with Gasteiger partial charge in [0, 0.05) is 29.4 Å². The summed E-state index contributed by atoms with van der Waals surface area (Å²) >= 11 is 0. The third kappa shape index (κ3) is 1.44. The van der Waals surface area contributed by atoms with Crippen molar-refractivity contribution >= 4 is 5.78 Å². The van der Waals surface area contributed by atoms with Crippen LogP contribution in [0.4, 0.5) is 0 Å². The van der Waals surface area contributed by atoms with E-state index in [1.807, 2.05) is 19.9 Å². The Morgan fingerprint density at radius 3 is 2.86 bits per heavy atom. The van der Waals surface area contributed by atoms with E-state index in [-0.39, 0.29) is 11.8 Å². The van der Waals surface area contributed by atoms with E-state index >= 15 is 0 Å². The molecule has 1 aromatic rings. The molecule has 14 heavy (non-hydrogen) atoms. The molecule has 0 spiro atoms. The smallest absolute Gasteiger partial charge is 0.166 e. The van der Waals surface area contributed by atoms with E-state index < -0.39 is 0 Å². The van der Waals surface area contributed by atoms with E-state index in [0.717, 1.165) is 28.9 Å². The standard InChI is InChI=1S/C11H14N2O/c1-6-3-8-4-9(12)5-10(14)11(8)7(2)13-6/h3,9H,4-5,12H2,1-2H3. The molecule has 0 saturated heterocycles. The molecule has 0 bridgehead atoms. The van der Waals surface area contributed by atoms with Gasteiger partial charge in [-0.2, -0.15) is 0 Å². The Labute approximate surface area is 83.3 Å². The topological polar surface area (TPSA) is 56.0 Å². The molecule has 2 N–H and O–H groups in total. The third-order valence-electron chi connectivity index (χ3n) is 2.62. The number of hydrogen-bond donors (Lipinski definition) is 1. The summed E-state index contributed by atoms with van der Waals surface area (Å²) in [5.41, 5.74) is 9.48. The molecule has 2 rings (SSSR count). The Kier molecular flexibility index (Phi) is 2.11. The molecular formula is C11H14N2O. The lowest BCUT2D eigenvalue weighted by molar-refractivity contribution is 0.0964. The number of aryl methyl sites for hydroxylation is 2. The summed E-state index contributed by atoms with van der Waals surface area (Å²) in [7, 11) is 0. The molecule has 0 saturated carbocycles. The highest BCUT2D eigenvalue weighted by Crippen LogP contribution is 2.23. The van der Waals surface area contributed by atoms with Gasteiger partial charge in [-0.3, -0.25) is 9.78 Å². The molecule has 1 aliphatic rings. The van der Waals surface area contributed by atoms with Crippen molar-refractivity contribution in [1.82, 2.24) is 4.98 Å². The number of aromatic nitrogens is 1. The lowest BCUT2D eigenvalue weighted by Gasteiger charge is -2.21. The molecule has 0 amide bonds. The lowest BCUT2D eigenvalue weighted by Crippen LogP contribution is -2.32. The van der Waals surface area contributed by atoms with Crippen molar-refractivity contribution in [2.24, 2.45) is 5.73 Å². The van der Waals surface area contributed by atoms with Gasteiger partial charge in [-0.15, -0.1) is 0 Å². The number of nitrogens with two attached hydrogens (primary N) is 1. The average Bonchev–Trinajstić information content (AvgIpc) is 1.99. The van der Waals surface area contributed by atoms with Crippen LogP contribution in [0.15, 0.2) is 6.07 Å². The van der Waals surface area contributed by atoms with Crippen LogP contribution < -0.4 is 5.73 Å². The van der Waals surface area contributed by atoms with E-state index in [9.17, 15) is 4.79 Å². The maximum absolute atomic E-state index is 11.7. The molecule has 0 aliphatic heterocycles. The van der Waals surface area contributed by atoms with Gasteiger partial charge in [0.05, 0.1) is 0 Å². The van der Waals surface area contributed by atoms with E-state index in [0.29, 0.717) is 6.42 Å². The van der Waals surface area contributed by atoms with E-state index in [4.69, 9.17) is 5.73 Å². The van der Waals surface area contributed by atoms with Crippen LogP contribution in [0.1, 0.15) is 33.7 Å². The van der Waals surface area contributed by atoms with Crippen LogP contribution in [0.3, 0.4) is 0 Å². The van der Waals surface area contributed by atoms with Gasteiger partial charge >= 0.3 is 0 Å². The highest BCUT2D eigenvalue weighted by Gasteiger charge is 2.24. The summed E-state index contributed by atoms with van der Waals surface area (Å²) in [6.07, 6.45) is 1.25. The number of carbonyl (C=O) groups is 1. The second-order valence-corrected chi connectivity index (χ2v) is 3.97. The van der Waals surface area contributed by atoms with E-state index in [1.54, 1.807) is 0 Å². The fourth-order valence-electron chi connectivity index (χ4n) is 2.15. The van der Waals surface area contributed by atoms with Crippen LogP contribution >= 0.6 is 0 Å². The fourth-order valence-corrected chi connectivity index (χ4v) is 2.15. The SMILES string of the molecule is Cc1cc2c(c(C)n1)C(=O)CC(N)C2. The van der Waals surface area contributed by atoms with Crippen LogP contribution in [0.2, 0.25) is 0 Å². The normalized spacial score (nSPS) is 20.8. The predicted octanol–water partition coefficient (Wildman–Crippen LogP) is 1.15. The molecule has 1 atom stereocenters. The second kappa shape index (κ2) is 3.17. The lowest BCUT2D eigenvalue weighted by atomic mass is 9.87. The van der Waals surface area contributed by atoms with Crippen LogP contribution in [-0.2, 0) is 6.42 Å². The summed E-state index contributed by atoms with van der Waals surface area (Å²) in [6.45, 7) is 3.83. The number of Topliss-reactive ketones (excluding diaryl/α,β-unsaturated/α-hetero) is 1. The first-order chi connectivity index (χ1) is 6.58. The summed E-state index contributed by atoms with van der Waals surface area (Å²) in [6, 6.07) is 1.95. The minimum absolute atomic E-state index is 0.0174. The molecule has 3 nitrogen and oxygen atoms in total. The van der Waals surface area contributed by atoms with Crippen molar-refractivity contribution in [1.29, 1.82) is 0 Å². The highest BCUT2D eigenvalue weighted by molar-refractivity contribution is 5.99. The summed E-state index contributed by atoms with van der Waals surface area (Å²) in [5, 5.41) is 0. The van der Waals surface area contributed by atoms with E-state index in [2.05, 4.69) is 4.98 Å². The van der Waals surface area contributed by atoms with Crippen molar-refractivity contribution in [3.05, 3.63) is 28.6 Å². The molecule has 1 aromatic heterocycles. The molecule has 1 heterocycles. The molecule has 74 valence electrons. The van der Waals surface area contributed by atoms with Crippen LogP contribution in [0.5, 0.6) is 0 Å². The number of pyridine rings is 1. The van der Waals surface area contributed by atoms with Crippen LogP contribution in [0.25, 0.3) is 0 Å². The van der Waals surface area contributed by atoms with Gasteiger partial charge in [0.15, 0.2) is 5.78 Å². The highest BCUT2D eigenvalue weighted by atomic mass is 16.1. The van der Waals surface area contributed by atoms with Gasteiger partial charge in [-0.1, -0.05) is 0 Å². The first-order valence-electron chi connectivity index (χ1n) is 4.84. The molecule has 0 radical (unpaired) electrons. The van der Waals surface area contributed by atoms with Crippen molar-refractivity contribution in [2.75, 3.05) is 0 Å². The van der Waals surface area contributed by atoms with Gasteiger partial charge < -0.3 is 5.73 Å². The van der Waals surface area contributed by atoms with Crippen molar-refractivity contribution in [3.8, 4) is 0 Å². The summed E-state index contributed by atoms with van der Waals surface area (Å²) in [5.74, 6) is 0.142. The Morgan fingerprint density at radius 2 is 2.14 bits per heavy atom. The Morgan fingerprint density at radius 1 is 1.43 bits per heavy atom. The minimum Gasteiger partial charge on any atom is -0.327 e. The Balaban J connectivity index is 2.59. The Hall–Kier alpha value is -1.22. The number of fused-ring (bicyclic) bond motifs is 1. The maximum Gasteiger partial charge on any atom is 0.166 e. The quantitative estimate of drug-likeness (QED) is 0.667. The summed E-state index contributed by atoms with van der Waals surface area (Å²) in [4.78, 5) is 16.0.